The van der Waals surface area contributed by atoms with E-state index in [1.165, 1.54) is 11.1 Å². The summed E-state index contributed by atoms with van der Waals surface area (Å²) in [5.41, 5.74) is 4.02. The Morgan fingerprint density at radius 2 is 1.56 bits per heavy atom. The second kappa shape index (κ2) is 11.0. The number of rotatable bonds is 11. The first-order valence-electron chi connectivity index (χ1n) is 10.8. The molecule has 0 aliphatic rings. The van der Waals surface area contributed by atoms with Gasteiger partial charge in [0.2, 0.25) is 0 Å². The molecule has 0 aliphatic carbocycles. The van der Waals surface area contributed by atoms with Crippen LogP contribution in [0.25, 0.3) is 11.0 Å². The second-order valence-corrected chi connectivity index (χ2v) is 8.84. The smallest absolute Gasteiger partial charge is 0.341 e. The van der Waals surface area contributed by atoms with Crippen molar-refractivity contribution >= 4 is 28.7 Å². The number of carboxylic acids is 1. The van der Waals surface area contributed by atoms with E-state index in [1.54, 1.807) is 26.5 Å². The zero-order valence-electron chi connectivity index (χ0n) is 19.0. The second-order valence-electron chi connectivity index (χ2n) is 7.62. The van der Waals surface area contributed by atoms with Gasteiger partial charge < -0.3 is 23.7 Å². The molecule has 6 nitrogen and oxygen atoms in total. The highest BCUT2D eigenvalue weighted by atomic mass is 32.2. The molecule has 0 aliphatic heterocycles. The maximum atomic E-state index is 10.9. The van der Waals surface area contributed by atoms with E-state index >= 15 is 0 Å². The molecule has 1 N–H and O–H groups in total. The van der Waals surface area contributed by atoms with E-state index < -0.39 is 12.6 Å². The van der Waals surface area contributed by atoms with Gasteiger partial charge in [0.25, 0.3) is 0 Å². The quantitative estimate of drug-likeness (QED) is 0.284. The molecule has 1 aromatic heterocycles. The van der Waals surface area contributed by atoms with Gasteiger partial charge in [-0.1, -0.05) is 36.4 Å². The van der Waals surface area contributed by atoms with Crippen molar-refractivity contribution in [3.05, 3.63) is 89.7 Å². The molecule has 0 radical (unpaired) electrons. The number of carboxylic acid groups (broad SMARTS) is 1. The molecule has 0 amide bonds. The number of furan rings is 1. The fourth-order valence-electron chi connectivity index (χ4n) is 3.76. The maximum absolute atomic E-state index is 10.9. The highest BCUT2D eigenvalue weighted by Gasteiger charge is 2.17. The van der Waals surface area contributed by atoms with Crippen molar-refractivity contribution in [3.63, 3.8) is 0 Å². The first-order chi connectivity index (χ1) is 16.6. The van der Waals surface area contributed by atoms with E-state index in [1.807, 2.05) is 48.2 Å². The average Bonchev–Trinajstić information content (AvgIpc) is 3.29. The van der Waals surface area contributed by atoms with Gasteiger partial charge in [-0.05, 0) is 59.2 Å². The number of para-hydroxylation sites is 1. The van der Waals surface area contributed by atoms with Crippen molar-refractivity contribution in [3.8, 4) is 17.2 Å². The summed E-state index contributed by atoms with van der Waals surface area (Å²) in [7, 11) is 3.33. The van der Waals surface area contributed by atoms with Crippen LogP contribution < -0.4 is 14.2 Å². The van der Waals surface area contributed by atoms with Crippen molar-refractivity contribution in [2.24, 2.45) is 0 Å². The van der Waals surface area contributed by atoms with Crippen molar-refractivity contribution in [2.75, 3.05) is 26.6 Å². The summed E-state index contributed by atoms with van der Waals surface area (Å²) < 4.78 is 21.7. The third-order valence-corrected chi connectivity index (χ3v) is 6.81. The molecule has 0 saturated carbocycles. The highest BCUT2D eigenvalue weighted by Crippen LogP contribution is 2.38. The molecule has 0 atom stereocenters. The molecule has 1 heterocycles. The lowest BCUT2D eigenvalue weighted by atomic mass is 10.0. The number of hydrogen-bond acceptors (Lipinski definition) is 6. The van der Waals surface area contributed by atoms with E-state index in [-0.39, 0.29) is 5.25 Å². The Hall–Kier alpha value is -3.58. The minimum Gasteiger partial charge on any atom is -0.497 e. The average molecular weight is 479 g/mol. The number of methoxy groups -OCH3 is 2. The normalized spacial score (nSPS) is 11.0. The number of thioether (sulfide) groups is 1. The summed E-state index contributed by atoms with van der Waals surface area (Å²) in [6.45, 7) is -0.406. The molecule has 4 rings (SSSR count). The third-order valence-electron chi connectivity index (χ3n) is 5.49. The minimum atomic E-state index is -1.02. The number of ether oxygens (including phenoxy) is 3. The van der Waals surface area contributed by atoms with E-state index in [4.69, 9.17) is 23.7 Å². The van der Waals surface area contributed by atoms with E-state index in [0.717, 1.165) is 34.6 Å². The van der Waals surface area contributed by atoms with Gasteiger partial charge in [0.15, 0.2) is 17.9 Å². The fraction of sp³-hybridized carbons (Fsp3) is 0.222. The molecule has 34 heavy (non-hydrogen) atoms. The molecule has 7 heteroatoms. The summed E-state index contributed by atoms with van der Waals surface area (Å²) in [6, 6.07) is 21.9. The Labute approximate surface area is 202 Å². The molecular formula is C27H26O6S. The maximum Gasteiger partial charge on any atom is 0.341 e. The van der Waals surface area contributed by atoms with Gasteiger partial charge in [-0.2, -0.15) is 0 Å². The van der Waals surface area contributed by atoms with Crippen molar-refractivity contribution in [1.82, 2.24) is 0 Å². The molecule has 0 spiro atoms. The largest absolute Gasteiger partial charge is 0.497 e. The lowest BCUT2D eigenvalue weighted by Gasteiger charge is -2.18. The van der Waals surface area contributed by atoms with Crippen molar-refractivity contribution in [2.45, 2.75) is 11.7 Å². The van der Waals surface area contributed by atoms with Crippen LogP contribution >= 0.6 is 11.8 Å². The summed E-state index contributed by atoms with van der Waals surface area (Å²) in [5.74, 6) is 1.93. The third kappa shape index (κ3) is 5.48. The molecule has 0 fully saturated rings. The van der Waals surface area contributed by atoms with Crippen molar-refractivity contribution in [1.29, 1.82) is 0 Å². The zero-order valence-corrected chi connectivity index (χ0v) is 19.8. The SMILES string of the molecule is COc1ccc(C(SCCc2coc3c(OCC(=O)O)cccc23)c2ccc(OC)cc2)cc1. The highest BCUT2D eigenvalue weighted by molar-refractivity contribution is 7.99. The molecule has 0 unspecified atom stereocenters. The molecule has 0 saturated heterocycles. The van der Waals surface area contributed by atoms with Crippen LogP contribution in [0.5, 0.6) is 17.2 Å². The number of benzene rings is 3. The molecule has 176 valence electrons. The molecule has 4 aromatic rings. The van der Waals surface area contributed by atoms with E-state index in [0.29, 0.717) is 11.3 Å². The summed E-state index contributed by atoms with van der Waals surface area (Å²) in [4.78, 5) is 10.9. The molecule has 3 aromatic carbocycles. The Balaban J connectivity index is 1.51. The van der Waals surface area contributed by atoms with Crippen LogP contribution in [0, 0.1) is 0 Å². The van der Waals surface area contributed by atoms with Crippen LogP contribution in [0.2, 0.25) is 0 Å². The summed E-state index contributed by atoms with van der Waals surface area (Å²) in [6.07, 6.45) is 2.53. The van der Waals surface area contributed by atoms with Gasteiger partial charge in [0, 0.05) is 5.39 Å². The van der Waals surface area contributed by atoms with Crippen LogP contribution in [0.3, 0.4) is 0 Å². The van der Waals surface area contributed by atoms with Crippen LogP contribution in [0.4, 0.5) is 0 Å². The minimum absolute atomic E-state index is 0.143. The first kappa shape index (κ1) is 23.6. The van der Waals surface area contributed by atoms with Gasteiger partial charge in [-0.15, -0.1) is 11.8 Å². The Kier molecular flexibility index (Phi) is 7.65. The Morgan fingerprint density at radius 3 is 2.12 bits per heavy atom. The van der Waals surface area contributed by atoms with Crippen LogP contribution in [-0.4, -0.2) is 37.7 Å². The first-order valence-corrected chi connectivity index (χ1v) is 11.9. The number of carbonyl (C=O) groups is 1. The van der Waals surface area contributed by atoms with Gasteiger partial charge in [0.1, 0.15) is 11.5 Å². The number of aliphatic carboxylic acids is 1. The van der Waals surface area contributed by atoms with E-state index in [9.17, 15) is 4.79 Å². The lowest BCUT2D eigenvalue weighted by molar-refractivity contribution is -0.139. The topological polar surface area (TPSA) is 78.1 Å². The number of hydrogen-bond donors (Lipinski definition) is 1. The number of fused-ring (bicyclic) bond motifs is 1. The molecule has 0 bridgehead atoms. The lowest BCUT2D eigenvalue weighted by Crippen LogP contribution is -2.09. The standard InChI is InChI=1S/C27H26O6S/c1-30-21-10-6-18(7-11-21)27(19-8-12-22(31-2)13-9-19)34-15-14-20-16-33-26-23(20)4-3-5-24(26)32-17-25(28)29/h3-13,16,27H,14-15,17H2,1-2H3,(H,28,29). The monoisotopic (exact) mass is 478 g/mol. The Bertz CT molecular complexity index is 1180. The van der Waals surface area contributed by atoms with Crippen LogP contribution in [0.1, 0.15) is 21.9 Å². The van der Waals surface area contributed by atoms with Crippen LogP contribution in [-0.2, 0) is 11.2 Å². The predicted octanol–water partition coefficient (Wildman–Crippen LogP) is 5.98. The Morgan fingerprint density at radius 1 is 0.941 bits per heavy atom. The van der Waals surface area contributed by atoms with Crippen molar-refractivity contribution < 1.29 is 28.5 Å². The van der Waals surface area contributed by atoms with Gasteiger partial charge in [-0.25, -0.2) is 4.79 Å². The zero-order chi connectivity index (χ0) is 23.9. The molecular weight excluding hydrogens is 452 g/mol. The van der Waals surface area contributed by atoms with Gasteiger partial charge >= 0.3 is 5.97 Å². The summed E-state index contributed by atoms with van der Waals surface area (Å²) >= 11 is 1.85. The van der Waals surface area contributed by atoms with Gasteiger partial charge in [0.05, 0.1) is 25.7 Å². The van der Waals surface area contributed by atoms with Gasteiger partial charge in [-0.3, -0.25) is 0 Å². The fourth-order valence-corrected chi connectivity index (χ4v) is 5.03. The van der Waals surface area contributed by atoms with Crippen LogP contribution in [0.15, 0.2) is 77.4 Å². The summed E-state index contributed by atoms with van der Waals surface area (Å²) in [5, 5.41) is 9.98. The predicted molar refractivity (Wildman–Crippen MR) is 133 cm³/mol. The number of aryl methyl sites for hydroxylation is 1. The van der Waals surface area contributed by atoms with E-state index in [2.05, 4.69) is 24.3 Å².